The smallest absolute Gasteiger partial charge is 0.0645 e. The largest absolute Gasteiger partial charge is 0.311 e. The van der Waals surface area contributed by atoms with E-state index in [1.54, 1.807) is 0 Å². The van der Waals surface area contributed by atoms with Gasteiger partial charge in [-0.05, 0) is 131 Å². The normalized spacial score (nSPS) is 12.1. The molecule has 11 aromatic rings. The highest BCUT2D eigenvalue weighted by atomic mass is 15.1. The van der Waals surface area contributed by atoms with E-state index in [0.29, 0.717) is 16.9 Å². The summed E-state index contributed by atoms with van der Waals surface area (Å²) in [5.41, 5.74) is 13.2. The molecule has 0 aliphatic rings. The van der Waals surface area contributed by atoms with Gasteiger partial charge in [0.25, 0.3) is 0 Å². The monoisotopic (exact) mass is 805 g/mol. The number of hydrogen-bond acceptors (Lipinski definition) is 1. The molecule has 0 atom stereocenters. The Kier molecular flexibility index (Phi) is 8.84. The minimum atomic E-state index is -0.126. The summed E-state index contributed by atoms with van der Waals surface area (Å²) in [6.07, 6.45) is 0. The Bertz CT molecular complexity index is 3550. The molecule has 0 amide bonds. The van der Waals surface area contributed by atoms with E-state index in [2.05, 4.69) is 152 Å². The summed E-state index contributed by atoms with van der Waals surface area (Å²) in [7, 11) is 0. The van der Waals surface area contributed by atoms with E-state index in [1.165, 1.54) is 16.3 Å². The van der Waals surface area contributed by atoms with Gasteiger partial charge in [0.1, 0.15) is 0 Å². The molecule has 1 heteroatoms. The first-order chi connectivity index (χ1) is 32.9. The molecule has 0 fully saturated rings. The van der Waals surface area contributed by atoms with Crippen molar-refractivity contribution in [3.63, 3.8) is 0 Å². The van der Waals surface area contributed by atoms with E-state index in [-0.39, 0.29) is 35.4 Å². The predicted molar refractivity (Wildman–Crippen MR) is 269 cm³/mol. The molecule has 0 N–H and O–H groups in total. The van der Waals surface area contributed by atoms with Crippen molar-refractivity contribution >= 4 is 38.6 Å². The van der Waals surface area contributed by atoms with Crippen LogP contribution >= 0.6 is 0 Å². The molecular weight excluding hydrogens is 759 g/mol. The molecule has 296 valence electrons. The fourth-order valence-electron chi connectivity index (χ4n) is 8.79. The highest BCUT2D eigenvalue weighted by Crippen LogP contribution is 2.42. The van der Waals surface area contributed by atoms with Gasteiger partial charge in [-0.25, -0.2) is 0 Å². The molecule has 11 rings (SSSR count). The zero-order chi connectivity index (χ0) is 45.4. The lowest BCUT2D eigenvalue weighted by atomic mass is 9.89. The number of nitrogens with zero attached hydrogens (tertiary/aromatic N) is 1. The Balaban J connectivity index is 1.02. The van der Waals surface area contributed by atoms with Gasteiger partial charge in [-0.1, -0.05) is 218 Å². The number of rotatable bonds is 9. The van der Waals surface area contributed by atoms with Gasteiger partial charge in [-0.3, -0.25) is 0 Å². The highest BCUT2D eigenvalue weighted by Gasteiger charge is 2.17. The van der Waals surface area contributed by atoms with Crippen molar-refractivity contribution in [3.05, 3.63) is 261 Å². The molecule has 0 spiro atoms. The van der Waals surface area contributed by atoms with Gasteiger partial charge in [-0.15, -0.1) is 0 Å². The van der Waals surface area contributed by atoms with Crippen LogP contribution in [0, 0.1) is 0 Å². The Labute approximate surface area is 375 Å². The van der Waals surface area contributed by atoms with Crippen LogP contribution in [0.3, 0.4) is 0 Å². The maximum Gasteiger partial charge on any atom is 0.0645 e. The Hall–Kier alpha value is -8.26. The predicted octanol–water partition coefficient (Wildman–Crippen LogP) is 17.5. The van der Waals surface area contributed by atoms with Gasteiger partial charge in [0.15, 0.2) is 0 Å². The molecule has 0 radical (unpaired) electrons. The summed E-state index contributed by atoms with van der Waals surface area (Å²) >= 11 is 0. The van der Waals surface area contributed by atoms with Crippen molar-refractivity contribution in [1.82, 2.24) is 0 Å². The van der Waals surface area contributed by atoms with Crippen LogP contribution in [0.4, 0.5) is 17.1 Å². The van der Waals surface area contributed by atoms with E-state index in [9.17, 15) is 5.48 Å². The van der Waals surface area contributed by atoms with Gasteiger partial charge in [0.2, 0.25) is 0 Å². The van der Waals surface area contributed by atoms with Crippen LogP contribution in [0.2, 0.25) is 0 Å². The lowest BCUT2D eigenvalue weighted by molar-refractivity contribution is 1.28. The molecule has 0 aliphatic heterocycles. The van der Waals surface area contributed by atoms with Gasteiger partial charge >= 0.3 is 0 Å². The highest BCUT2D eigenvalue weighted by molar-refractivity contribution is 6.04. The number of anilines is 3. The summed E-state index contributed by atoms with van der Waals surface area (Å²) < 4.78 is 38.3. The van der Waals surface area contributed by atoms with Crippen LogP contribution in [-0.2, 0) is 0 Å². The number of hydrogen-bond donors (Lipinski definition) is 0. The third kappa shape index (κ3) is 7.47. The maximum absolute atomic E-state index is 9.65. The first kappa shape index (κ1) is 33.5. The molecule has 0 unspecified atom stereocenters. The van der Waals surface area contributed by atoms with Crippen molar-refractivity contribution in [3.8, 4) is 66.8 Å². The first-order valence-electron chi connectivity index (χ1n) is 23.3. The minimum absolute atomic E-state index is 0.103. The topological polar surface area (TPSA) is 3.24 Å². The average molecular weight is 806 g/mol. The van der Waals surface area contributed by atoms with Crippen LogP contribution in [0.15, 0.2) is 261 Å². The molecule has 0 aromatic heterocycles. The molecule has 0 heterocycles. The second kappa shape index (κ2) is 16.7. The fourth-order valence-corrected chi connectivity index (χ4v) is 8.79. The minimum Gasteiger partial charge on any atom is -0.311 e. The summed E-state index contributed by atoms with van der Waals surface area (Å²) in [4.78, 5) is 1.86. The van der Waals surface area contributed by atoms with Crippen molar-refractivity contribution in [2.45, 2.75) is 0 Å². The molecule has 1 nitrogen and oxygen atoms in total. The zero-order valence-electron chi connectivity index (χ0n) is 38.5. The number of fused-ring (bicyclic) bond motifs is 2. The third-order valence-corrected chi connectivity index (χ3v) is 12.0. The van der Waals surface area contributed by atoms with Crippen LogP contribution < -0.4 is 4.90 Å². The quantitative estimate of drug-likeness (QED) is 0.140. The maximum atomic E-state index is 9.65. The zero-order valence-corrected chi connectivity index (χ0v) is 34.5. The summed E-state index contributed by atoms with van der Waals surface area (Å²) in [5, 5.41) is 4.70. The molecular formula is C62H43N. The average Bonchev–Trinajstić information content (AvgIpc) is 3.40. The Morgan fingerprint density at radius 1 is 0.254 bits per heavy atom. The lowest BCUT2D eigenvalue weighted by Crippen LogP contribution is -2.09. The third-order valence-electron chi connectivity index (χ3n) is 12.0. The van der Waals surface area contributed by atoms with E-state index < -0.39 is 0 Å². The van der Waals surface area contributed by atoms with Crippen molar-refractivity contribution < 1.29 is 5.48 Å². The van der Waals surface area contributed by atoms with Crippen molar-refractivity contribution in [1.29, 1.82) is 0 Å². The van der Waals surface area contributed by atoms with Crippen LogP contribution in [0.1, 0.15) is 5.48 Å². The fraction of sp³-hybridized carbons (Fsp3) is 0. The summed E-state index contributed by atoms with van der Waals surface area (Å²) in [6.45, 7) is 0. The van der Waals surface area contributed by atoms with Crippen molar-refractivity contribution in [2.24, 2.45) is 0 Å². The van der Waals surface area contributed by atoms with Gasteiger partial charge in [0, 0.05) is 17.1 Å². The van der Waals surface area contributed by atoms with Crippen LogP contribution in [0.25, 0.3) is 88.3 Å². The second-order valence-electron chi connectivity index (χ2n) is 15.8. The molecule has 0 aliphatic carbocycles. The SMILES string of the molecule is [2H]c1c([2H])c(N(c2ccc(-c3ccc(-c4cccc5ccccc45)cc3)cc2)c2ccc(-c3c(-c4ccccc4)ccc4ccccc34)cc2)c([2H])c([2H])c1-c1cccc(-c2ccccc2)c1. The standard InChI is InChI=1S/C62H43N/c1-3-13-44(14-4-1)53-20-11-21-54(43-53)47-31-38-56(39-32-47)63(55-36-29-46(30-37-55)45-25-27-51(28-26-45)59-24-12-19-48-17-7-9-22-58(48)59)57-40-33-52(34-41-57)62-60-23-10-8-18-50(60)35-42-61(62)49-15-5-2-6-16-49/h1-43H/i31D,32D,38D,39D. The Morgan fingerprint density at radius 3 is 1.37 bits per heavy atom. The Morgan fingerprint density at radius 2 is 0.698 bits per heavy atom. The summed E-state index contributed by atoms with van der Waals surface area (Å²) in [6, 6.07) is 80.3. The first-order valence-corrected chi connectivity index (χ1v) is 21.3. The lowest BCUT2D eigenvalue weighted by Gasteiger charge is -2.26. The van der Waals surface area contributed by atoms with E-state index in [1.807, 2.05) is 89.8 Å². The van der Waals surface area contributed by atoms with Gasteiger partial charge < -0.3 is 4.90 Å². The van der Waals surface area contributed by atoms with Crippen LogP contribution in [0.5, 0.6) is 0 Å². The van der Waals surface area contributed by atoms with E-state index in [0.717, 1.165) is 60.8 Å². The van der Waals surface area contributed by atoms with Crippen molar-refractivity contribution in [2.75, 3.05) is 4.90 Å². The second-order valence-corrected chi connectivity index (χ2v) is 15.8. The molecule has 0 saturated heterocycles. The molecule has 0 bridgehead atoms. The van der Waals surface area contributed by atoms with E-state index in [4.69, 9.17) is 0 Å². The van der Waals surface area contributed by atoms with Crippen LogP contribution in [-0.4, -0.2) is 0 Å². The molecule has 0 saturated carbocycles. The van der Waals surface area contributed by atoms with E-state index >= 15 is 0 Å². The van der Waals surface area contributed by atoms with Gasteiger partial charge in [0.05, 0.1) is 5.48 Å². The molecule has 63 heavy (non-hydrogen) atoms. The molecule has 11 aromatic carbocycles. The van der Waals surface area contributed by atoms with Gasteiger partial charge in [-0.2, -0.15) is 0 Å². The number of benzene rings is 11. The summed E-state index contributed by atoms with van der Waals surface area (Å²) in [5.74, 6) is 0.